The minimum atomic E-state index is -4.48. The van der Waals surface area contributed by atoms with Gasteiger partial charge in [-0.2, -0.15) is 13.2 Å². The summed E-state index contributed by atoms with van der Waals surface area (Å²) in [6.45, 7) is 0.201. The van der Waals surface area contributed by atoms with Gasteiger partial charge >= 0.3 is 6.18 Å². The number of ether oxygens (including phenoxy) is 1. The van der Waals surface area contributed by atoms with Crippen LogP contribution in [0.15, 0.2) is 18.2 Å². The molecule has 0 radical (unpaired) electrons. The van der Waals surface area contributed by atoms with Gasteiger partial charge in [0.1, 0.15) is 5.75 Å². The minimum Gasteiger partial charge on any atom is -0.495 e. The smallest absolute Gasteiger partial charge is 0.416 e. The third kappa shape index (κ3) is 2.57. The molecule has 0 saturated carbocycles. The minimum absolute atomic E-state index is 0.102. The topological polar surface area (TPSA) is 29.5 Å². The molecular formula is C14H12F3NO2. The Kier molecular flexibility index (Phi) is 3.62. The van der Waals surface area contributed by atoms with E-state index in [1.807, 2.05) is 0 Å². The number of hydrogen-bond donors (Lipinski definition) is 0. The van der Waals surface area contributed by atoms with Crippen molar-refractivity contribution in [3.8, 4) is 18.1 Å². The maximum atomic E-state index is 12.8. The Balaban J connectivity index is 2.44. The Morgan fingerprint density at radius 3 is 2.65 bits per heavy atom. The molecule has 1 aromatic carbocycles. The predicted octanol–water partition coefficient (Wildman–Crippen LogP) is 2.70. The molecule has 0 aliphatic carbocycles. The van der Waals surface area contributed by atoms with Gasteiger partial charge in [-0.1, -0.05) is 0 Å². The van der Waals surface area contributed by atoms with Crippen LogP contribution in [-0.4, -0.2) is 19.6 Å². The van der Waals surface area contributed by atoms with Gasteiger partial charge in [0.05, 0.1) is 18.4 Å². The standard InChI is InChI=1S/C14H12F3NO2/c1-3-9-6-13(19)18(8-9)11-7-10(14(15,16)17)4-5-12(11)20-2/h1,4-5,7,9H,6,8H2,2H3. The predicted molar refractivity (Wildman–Crippen MR) is 67.3 cm³/mol. The zero-order valence-electron chi connectivity index (χ0n) is 10.7. The second kappa shape index (κ2) is 5.08. The summed E-state index contributed by atoms with van der Waals surface area (Å²) >= 11 is 0. The van der Waals surface area contributed by atoms with Gasteiger partial charge < -0.3 is 9.64 Å². The highest BCUT2D eigenvalue weighted by Gasteiger charge is 2.35. The molecule has 1 aliphatic heterocycles. The van der Waals surface area contributed by atoms with Gasteiger partial charge in [-0.15, -0.1) is 12.3 Å². The van der Waals surface area contributed by atoms with Gasteiger partial charge in [0.15, 0.2) is 0 Å². The number of methoxy groups -OCH3 is 1. The Morgan fingerprint density at radius 2 is 2.15 bits per heavy atom. The van der Waals surface area contributed by atoms with E-state index in [4.69, 9.17) is 11.2 Å². The number of halogens is 3. The molecule has 0 bridgehead atoms. The summed E-state index contributed by atoms with van der Waals surface area (Å²) < 4.78 is 43.3. The highest BCUT2D eigenvalue weighted by atomic mass is 19.4. The maximum absolute atomic E-state index is 12.8. The first kappa shape index (κ1) is 14.3. The third-order valence-electron chi connectivity index (χ3n) is 3.16. The number of amides is 1. The summed E-state index contributed by atoms with van der Waals surface area (Å²) in [5.74, 6) is 2.07. The van der Waals surface area contributed by atoms with Gasteiger partial charge in [-0.25, -0.2) is 0 Å². The Labute approximate surface area is 114 Å². The molecule has 6 heteroatoms. The molecule has 1 fully saturated rings. The van der Waals surface area contributed by atoms with Crippen LogP contribution in [0.25, 0.3) is 0 Å². The molecule has 1 atom stereocenters. The van der Waals surface area contributed by atoms with Crippen LogP contribution >= 0.6 is 0 Å². The van der Waals surface area contributed by atoms with Gasteiger partial charge in [0.25, 0.3) is 0 Å². The summed E-state index contributed by atoms with van der Waals surface area (Å²) in [6.07, 6.45) is 0.924. The van der Waals surface area contributed by atoms with Crippen molar-refractivity contribution in [2.75, 3.05) is 18.6 Å². The summed E-state index contributed by atoms with van der Waals surface area (Å²) in [7, 11) is 1.34. The summed E-state index contributed by atoms with van der Waals surface area (Å²) in [5, 5.41) is 0. The molecule has 0 aromatic heterocycles. The lowest BCUT2D eigenvalue weighted by Gasteiger charge is -2.20. The first-order valence-electron chi connectivity index (χ1n) is 5.88. The fourth-order valence-corrected chi connectivity index (χ4v) is 2.13. The van der Waals surface area contributed by atoms with E-state index >= 15 is 0 Å². The SMILES string of the molecule is C#CC1CC(=O)N(c2cc(C(F)(F)F)ccc2OC)C1. The number of carbonyl (C=O) groups excluding carboxylic acids is 1. The first-order chi connectivity index (χ1) is 9.36. The van der Waals surface area contributed by atoms with Crippen molar-refractivity contribution in [2.24, 2.45) is 5.92 Å². The van der Waals surface area contributed by atoms with Crippen molar-refractivity contribution in [3.63, 3.8) is 0 Å². The van der Waals surface area contributed by atoms with Crippen LogP contribution in [0, 0.1) is 18.3 Å². The second-order valence-electron chi connectivity index (χ2n) is 4.46. The number of rotatable bonds is 2. The molecule has 0 N–H and O–H groups in total. The van der Waals surface area contributed by atoms with Gasteiger partial charge in [-0.05, 0) is 18.2 Å². The van der Waals surface area contributed by atoms with E-state index in [0.717, 1.165) is 12.1 Å². The van der Waals surface area contributed by atoms with Gasteiger partial charge in [-0.3, -0.25) is 4.79 Å². The average Bonchev–Trinajstić information content (AvgIpc) is 2.78. The fourth-order valence-electron chi connectivity index (χ4n) is 2.13. The van der Waals surface area contributed by atoms with Crippen LogP contribution in [0.4, 0.5) is 18.9 Å². The molecule has 20 heavy (non-hydrogen) atoms. The Hall–Kier alpha value is -2.16. The van der Waals surface area contributed by atoms with E-state index in [2.05, 4.69) is 5.92 Å². The van der Waals surface area contributed by atoms with Crippen molar-refractivity contribution >= 4 is 11.6 Å². The second-order valence-corrected chi connectivity index (χ2v) is 4.46. The van der Waals surface area contributed by atoms with Gasteiger partial charge in [0.2, 0.25) is 5.91 Å². The highest BCUT2D eigenvalue weighted by Crippen LogP contribution is 2.38. The zero-order valence-corrected chi connectivity index (χ0v) is 10.7. The molecule has 2 rings (SSSR count). The van der Waals surface area contributed by atoms with Crippen molar-refractivity contribution in [2.45, 2.75) is 12.6 Å². The lowest BCUT2D eigenvalue weighted by molar-refractivity contribution is -0.137. The number of anilines is 1. The molecule has 1 aliphatic rings. The van der Waals surface area contributed by atoms with Crippen LogP contribution in [0.2, 0.25) is 0 Å². The van der Waals surface area contributed by atoms with Crippen molar-refractivity contribution in [1.82, 2.24) is 0 Å². The molecule has 0 spiro atoms. The quantitative estimate of drug-likeness (QED) is 0.781. The van der Waals surface area contributed by atoms with Crippen LogP contribution in [0.1, 0.15) is 12.0 Å². The van der Waals surface area contributed by atoms with Crippen LogP contribution in [0.3, 0.4) is 0 Å². The number of benzene rings is 1. The van der Waals surface area contributed by atoms with E-state index in [1.54, 1.807) is 0 Å². The molecule has 1 heterocycles. The summed E-state index contributed by atoms with van der Waals surface area (Å²) in [5.41, 5.74) is -0.727. The zero-order chi connectivity index (χ0) is 14.9. The number of alkyl halides is 3. The van der Waals surface area contributed by atoms with Crippen LogP contribution in [-0.2, 0) is 11.0 Å². The number of hydrogen-bond acceptors (Lipinski definition) is 2. The molecule has 1 aromatic rings. The molecular weight excluding hydrogens is 271 g/mol. The first-order valence-corrected chi connectivity index (χ1v) is 5.88. The van der Waals surface area contributed by atoms with E-state index in [0.29, 0.717) is 0 Å². The summed E-state index contributed by atoms with van der Waals surface area (Å²) in [4.78, 5) is 13.1. The lowest BCUT2D eigenvalue weighted by Crippen LogP contribution is -2.25. The van der Waals surface area contributed by atoms with E-state index in [-0.39, 0.29) is 36.2 Å². The molecule has 3 nitrogen and oxygen atoms in total. The largest absolute Gasteiger partial charge is 0.495 e. The van der Waals surface area contributed by atoms with E-state index in [9.17, 15) is 18.0 Å². The van der Waals surface area contributed by atoms with Crippen molar-refractivity contribution < 1.29 is 22.7 Å². The molecule has 1 saturated heterocycles. The molecule has 1 amide bonds. The average molecular weight is 283 g/mol. The Bertz CT molecular complexity index is 575. The maximum Gasteiger partial charge on any atom is 0.416 e. The van der Waals surface area contributed by atoms with Crippen LogP contribution in [0.5, 0.6) is 5.75 Å². The van der Waals surface area contributed by atoms with Crippen molar-refractivity contribution in [1.29, 1.82) is 0 Å². The normalized spacial score (nSPS) is 19.1. The lowest BCUT2D eigenvalue weighted by atomic mass is 10.1. The third-order valence-corrected chi connectivity index (χ3v) is 3.16. The highest BCUT2D eigenvalue weighted by molar-refractivity contribution is 5.97. The summed E-state index contributed by atoms with van der Waals surface area (Å²) in [6, 6.07) is 3.03. The molecule has 106 valence electrons. The fraction of sp³-hybridized carbons (Fsp3) is 0.357. The van der Waals surface area contributed by atoms with Crippen LogP contribution < -0.4 is 9.64 Å². The number of carbonyl (C=O) groups is 1. The Morgan fingerprint density at radius 1 is 1.45 bits per heavy atom. The van der Waals surface area contributed by atoms with E-state index < -0.39 is 11.7 Å². The number of terminal acetylenes is 1. The molecule has 1 unspecified atom stereocenters. The van der Waals surface area contributed by atoms with Gasteiger partial charge in [0, 0.05) is 18.9 Å². The monoisotopic (exact) mass is 283 g/mol. The number of nitrogens with zero attached hydrogens (tertiary/aromatic N) is 1. The van der Waals surface area contributed by atoms with Crippen molar-refractivity contribution in [3.05, 3.63) is 23.8 Å². The van der Waals surface area contributed by atoms with E-state index in [1.165, 1.54) is 18.1 Å².